The highest BCUT2D eigenvalue weighted by atomic mass is 32.1. The molecular formula is C30H28F3N5OS. The van der Waals surface area contributed by atoms with Crippen LogP contribution in [0, 0.1) is 6.92 Å². The number of thiazole rings is 1. The molecule has 2 atom stereocenters. The van der Waals surface area contributed by atoms with Crippen LogP contribution in [0.4, 0.5) is 29.7 Å². The zero-order chi connectivity index (χ0) is 28.0. The first-order valence-corrected chi connectivity index (χ1v) is 13.9. The maximum atomic E-state index is 13.0. The smallest absolute Gasteiger partial charge is 0.372 e. The first-order valence-electron chi connectivity index (χ1n) is 13.0. The highest BCUT2D eigenvalue weighted by Crippen LogP contribution is 2.37. The lowest BCUT2D eigenvalue weighted by Gasteiger charge is -2.35. The molecule has 2 N–H and O–H groups in total. The van der Waals surface area contributed by atoms with Crippen molar-refractivity contribution in [2.75, 3.05) is 23.3 Å². The monoisotopic (exact) mass is 563 g/mol. The molecule has 0 spiro atoms. The summed E-state index contributed by atoms with van der Waals surface area (Å²) < 4.78 is 45.8. The van der Waals surface area contributed by atoms with Gasteiger partial charge >= 0.3 is 6.18 Å². The van der Waals surface area contributed by atoms with Gasteiger partial charge in [0, 0.05) is 24.3 Å². The van der Waals surface area contributed by atoms with Gasteiger partial charge in [-0.1, -0.05) is 35.6 Å². The standard InChI is InChI=1S/C30H28F3N5OS/c1-17-7-12-22(13-23(17)28-34-14-26(36-28)20-8-10-21(11-9-20)30(31,32)33)35-24-5-4-6-25-27(24)40-29(37-25)38-15-18(2)39-19(3)16-38/h4-14,18-19,35H,15-16H2,1-3H3,(H,34,36)/t18-,19+. The van der Waals surface area contributed by atoms with Gasteiger partial charge in [-0.15, -0.1) is 0 Å². The molecule has 1 saturated heterocycles. The fourth-order valence-corrected chi connectivity index (χ4v) is 6.11. The molecule has 0 radical (unpaired) electrons. The van der Waals surface area contributed by atoms with Crippen molar-refractivity contribution in [3.8, 4) is 22.6 Å². The number of alkyl halides is 3. The molecule has 0 unspecified atom stereocenters. The Labute approximate surface area is 233 Å². The van der Waals surface area contributed by atoms with Gasteiger partial charge in [-0.05, 0) is 68.3 Å². The van der Waals surface area contributed by atoms with Crippen LogP contribution in [0.15, 0.2) is 66.9 Å². The second kappa shape index (κ2) is 10.3. The second-order valence-electron chi connectivity index (χ2n) is 10.2. The first-order chi connectivity index (χ1) is 19.1. The van der Waals surface area contributed by atoms with Crippen molar-refractivity contribution < 1.29 is 17.9 Å². The number of imidazole rings is 1. The van der Waals surface area contributed by atoms with Crippen LogP contribution in [-0.2, 0) is 10.9 Å². The number of H-pyrrole nitrogens is 1. The largest absolute Gasteiger partial charge is 0.416 e. The number of hydrogen-bond donors (Lipinski definition) is 2. The molecule has 1 aliphatic heterocycles. The minimum Gasteiger partial charge on any atom is -0.372 e. The van der Waals surface area contributed by atoms with E-state index >= 15 is 0 Å². The number of fused-ring (bicyclic) bond motifs is 1. The zero-order valence-corrected chi connectivity index (χ0v) is 23.0. The zero-order valence-electron chi connectivity index (χ0n) is 22.2. The lowest BCUT2D eigenvalue weighted by molar-refractivity contribution is -0.137. The van der Waals surface area contributed by atoms with Crippen LogP contribution in [-0.4, -0.2) is 40.2 Å². The van der Waals surface area contributed by atoms with Gasteiger partial charge in [-0.2, -0.15) is 13.2 Å². The highest BCUT2D eigenvalue weighted by Gasteiger charge is 2.30. The lowest BCUT2D eigenvalue weighted by atomic mass is 10.1. The summed E-state index contributed by atoms with van der Waals surface area (Å²) in [6.07, 6.45) is -2.42. The molecule has 2 aromatic heterocycles. The molecule has 0 bridgehead atoms. The Hall–Kier alpha value is -3.89. The quantitative estimate of drug-likeness (QED) is 0.227. The van der Waals surface area contributed by atoms with Gasteiger partial charge in [-0.25, -0.2) is 9.97 Å². The average molecular weight is 564 g/mol. The van der Waals surface area contributed by atoms with Gasteiger partial charge in [0.15, 0.2) is 5.13 Å². The number of nitrogens with zero attached hydrogens (tertiary/aromatic N) is 3. The van der Waals surface area contributed by atoms with Crippen LogP contribution < -0.4 is 10.2 Å². The van der Waals surface area contributed by atoms with Crippen molar-refractivity contribution >= 4 is 38.1 Å². The van der Waals surface area contributed by atoms with Gasteiger partial charge in [0.1, 0.15) is 5.82 Å². The molecule has 0 saturated carbocycles. The molecule has 3 aromatic carbocycles. The summed E-state index contributed by atoms with van der Waals surface area (Å²) in [7, 11) is 0. The minimum atomic E-state index is -4.37. The van der Waals surface area contributed by atoms with Crippen molar-refractivity contribution in [3.63, 3.8) is 0 Å². The number of rotatable bonds is 5. The maximum absolute atomic E-state index is 13.0. The molecule has 1 fully saturated rings. The van der Waals surface area contributed by atoms with E-state index in [4.69, 9.17) is 9.72 Å². The maximum Gasteiger partial charge on any atom is 0.416 e. The average Bonchev–Trinajstić information content (AvgIpc) is 3.57. The van der Waals surface area contributed by atoms with E-state index in [1.165, 1.54) is 12.1 Å². The van der Waals surface area contributed by atoms with E-state index in [0.29, 0.717) is 17.1 Å². The molecule has 6 rings (SSSR count). The van der Waals surface area contributed by atoms with Gasteiger partial charge in [-0.3, -0.25) is 0 Å². The Bertz CT molecular complexity index is 1650. The Morgan fingerprint density at radius 3 is 2.50 bits per heavy atom. The van der Waals surface area contributed by atoms with Crippen LogP contribution in [0.2, 0.25) is 0 Å². The van der Waals surface area contributed by atoms with Crippen molar-refractivity contribution in [1.82, 2.24) is 15.0 Å². The molecule has 3 heterocycles. The second-order valence-corrected chi connectivity index (χ2v) is 11.2. The number of nitrogens with one attached hydrogen (secondary N) is 2. The number of benzene rings is 3. The Morgan fingerprint density at radius 1 is 1.02 bits per heavy atom. The number of aryl methyl sites for hydroxylation is 1. The number of aromatic nitrogens is 3. The third-order valence-electron chi connectivity index (χ3n) is 6.96. The fourth-order valence-electron chi connectivity index (χ4n) is 5.06. The van der Waals surface area contributed by atoms with Crippen molar-refractivity contribution in [3.05, 3.63) is 78.0 Å². The van der Waals surface area contributed by atoms with Gasteiger partial charge in [0.05, 0.1) is 45.6 Å². The third kappa shape index (κ3) is 5.29. The van der Waals surface area contributed by atoms with Crippen LogP contribution >= 0.6 is 11.3 Å². The SMILES string of the molecule is Cc1ccc(Nc2cccc3nc(N4C[C@@H](C)O[C@@H](C)C4)sc23)cc1-c1ncc(-c2ccc(C(F)(F)F)cc2)[nH]1. The molecule has 0 aliphatic carbocycles. The molecule has 206 valence electrons. The highest BCUT2D eigenvalue weighted by molar-refractivity contribution is 7.22. The summed E-state index contributed by atoms with van der Waals surface area (Å²) in [4.78, 5) is 15.0. The van der Waals surface area contributed by atoms with Gasteiger partial charge in [0.25, 0.3) is 0 Å². The predicted octanol–water partition coefficient (Wildman–Crippen LogP) is 8.04. The molecular weight excluding hydrogens is 535 g/mol. The molecule has 40 heavy (non-hydrogen) atoms. The number of morpholine rings is 1. The molecule has 0 amide bonds. The predicted molar refractivity (Wildman–Crippen MR) is 154 cm³/mol. The lowest BCUT2D eigenvalue weighted by Crippen LogP contribution is -2.45. The fraction of sp³-hybridized carbons (Fsp3) is 0.267. The van der Waals surface area contributed by atoms with E-state index < -0.39 is 11.7 Å². The van der Waals surface area contributed by atoms with Crippen molar-refractivity contribution in [2.45, 2.75) is 39.2 Å². The van der Waals surface area contributed by atoms with E-state index in [2.05, 4.69) is 34.0 Å². The number of ether oxygens (including phenoxy) is 1. The van der Waals surface area contributed by atoms with Crippen LogP contribution in [0.3, 0.4) is 0 Å². The third-order valence-corrected chi connectivity index (χ3v) is 8.13. The van der Waals surface area contributed by atoms with Crippen LogP contribution in [0.1, 0.15) is 25.0 Å². The Kier molecular flexibility index (Phi) is 6.75. The van der Waals surface area contributed by atoms with Crippen molar-refractivity contribution in [2.24, 2.45) is 0 Å². The first kappa shape index (κ1) is 26.3. The van der Waals surface area contributed by atoms with Gasteiger partial charge in [0.2, 0.25) is 0 Å². The summed E-state index contributed by atoms with van der Waals surface area (Å²) in [5.41, 5.74) is 5.33. The summed E-state index contributed by atoms with van der Waals surface area (Å²) in [6, 6.07) is 17.2. The van der Waals surface area contributed by atoms with Crippen molar-refractivity contribution in [1.29, 1.82) is 0 Å². The topological polar surface area (TPSA) is 66.1 Å². The molecule has 1 aliphatic rings. The normalized spacial score (nSPS) is 17.9. The van der Waals surface area contributed by atoms with E-state index in [9.17, 15) is 13.2 Å². The summed E-state index contributed by atoms with van der Waals surface area (Å²) in [5.74, 6) is 0.643. The number of hydrogen-bond acceptors (Lipinski definition) is 6. The number of aromatic amines is 1. The van der Waals surface area contributed by atoms with E-state index in [1.54, 1.807) is 17.5 Å². The van der Waals surface area contributed by atoms with Crippen LogP contribution in [0.5, 0.6) is 0 Å². The summed E-state index contributed by atoms with van der Waals surface area (Å²) >= 11 is 1.67. The number of anilines is 3. The summed E-state index contributed by atoms with van der Waals surface area (Å²) in [5, 5.41) is 4.54. The van der Waals surface area contributed by atoms with E-state index in [0.717, 1.165) is 63.1 Å². The molecule has 5 aromatic rings. The number of halogens is 3. The summed E-state index contributed by atoms with van der Waals surface area (Å²) in [6.45, 7) is 7.80. The van der Waals surface area contributed by atoms with E-state index in [1.807, 2.05) is 43.3 Å². The van der Waals surface area contributed by atoms with Crippen LogP contribution in [0.25, 0.3) is 32.9 Å². The Morgan fingerprint density at radius 2 is 1.77 bits per heavy atom. The van der Waals surface area contributed by atoms with E-state index in [-0.39, 0.29) is 12.2 Å². The molecule has 6 nitrogen and oxygen atoms in total. The minimum absolute atomic E-state index is 0.153. The van der Waals surface area contributed by atoms with Gasteiger partial charge < -0.3 is 19.9 Å². The molecule has 10 heteroatoms. The Balaban J connectivity index is 1.26.